The van der Waals surface area contributed by atoms with Crippen molar-refractivity contribution in [2.75, 3.05) is 13.2 Å². The van der Waals surface area contributed by atoms with Crippen LogP contribution in [0.5, 0.6) is 17.2 Å². The summed E-state index contributed by atoms with van der Waals surface area (Å²) in [6.07, 6.45) is 24.5. The highest BCUT2D eigenvalue weighted by Gasteiger charge is 2.20. The third-order valence-electron chi connectivity index (χ3n) is 8.66. The second kappa shape index (κ2) is 24.1. The molecule has 0 aliphatic carbocycles. The van der Waals surface area contributed by atoms with Crippen molar-refractivity contribution < 1.29 is 14.2 Å². The summed E-state index contributed by atoms with van der Waals surface area (Å²) in [5.74, 6) is 2.73. The van der Waals surface area contributed by atoms with Gasteiger partial charge in [-0.1, -0.05) is 117 Å². The van der Waals surface area contributed by atoms with E-state index in [1.165, 1.54) is 124 Å². The minimum absolute atomic E-state index is 0.253. The molecule has 0 saturated heterocycles. The second-order valence-corrected chi connectivity index (χ2v) is 15.2. The molecule has 0 N–H and O–H groups in total. The SMILES string of the molecule is CCCCCCCCCOc1ccc(-c2cc(-c3ccc(OC(C)CCCCCC)cc3)s[s+]2)cc1OCCCCCCCCC. The smallest absolute Gasteiger partial charge is 0.301 e. The predicted octanol–water partition coefficient (Wildman–Crippen LogP) is 14.4. The van der Waals surface area contributed by atoms with Crippen LogP contribution in [0.3, 0.4) is 0 Å². The van der Waals surface area contributed by atoms with Gasteiger partial charge in [0.25, 0.3) is 4.88 Å². The third kappa shape index (κ3) is 15.2. The zero-order valence-electron chi connectivity index (χ0n) is 29.6. The van der Waals surface area contributed by atoms with Gasteiger partial charge in [-0.15, -0.1) is 0 Å². The van der Waals surface area contributed by atoms with Gasteiger partial charge in [0.15, 0.2) is 21.8 Å². The third-order valence-corrected chi connectivity index (χ3v) is 11.1. The lowest BCUT2D eigenvalue weighted by atomic mass is 10.1. The van der Waals surface area contributed by atoms with Crippen LogP contribution in [0, 0.1) is 0 Å². The minimum atomic E-state index is 0.253. The first-order valence-electron chi connectivity index (χ1n) is 18.7. The highest BCUT2D eigenvalue weighted by Crippen LogP contribution is 2.41. The van der Waals surface area contributed by atoms with Crippen LogP contribution < -0.4 is 14.2 Å². The normalized spacial score (nSPS) is 11.9. The molecule has 1 heterocycles. The molecule has 0 bridgehead atoms. The minimum Gasteiger partial charge on any atom is -0.491 e. The van der Waals surface area contributed by atoms with Crippen LogP contribution in [-0.2, 0) is 0 Å². The zero-order valence-corrected chi connectivity index (χ0v) is 31.2. The fraction of sp³-hybridized carbons (Fsp3) is 0.634. The first-order chi connectivity index (χ1) is 22.6. The second-order valence-electron chi connectivity index (χ2n) is 12.9. The van der Waals surface area contributed by atoms with Gasteiger partial charge in [0, 0.05) is 11.6 Å². The number of hydrogen-bond donors (Lipinski definition) is 0. The van der Waals surface area contributed by atoms with Crippen LogP contribution in [0.15, 0.2) is 48.5 Å². The van der Waals surface area contributed by atoms with Crippen molar-refractivity contribution in [3.05, 3.63) is 48.5 Å². The Hall–Kier alpha value is -2.11. The van der Waals surface area contributed by atoms with Crippen molar-refractivity contribution in [1.29, 1.82) is 0 Å². The largest absolute Gasteiger partial charge is 0.491 e. The van der Waals surface area contributed by atoms with Gasteiger partial charge < -0.3 is 14.2 Å². The molecule has 3 nitrogen and oxygen atoms in total. The van der Waals surface area contributed by atoms with Crippen LogP contribution in [-0.4, -0.2) is 19.3 Å². The maximum Gasteiger partial charge on any atom is 0.301 e. The molecule has 2 aromatic carbocycles. The van der Waals surface area contributed by atoms with Crippen LogP contribution in [0.1, 0.15) is 150 Å². The van der Waals surface area contributed by atoms with Gasteiger partial charge in [-0.25, -0.2) is 0 Å². The Bertz CT molecular complexity index is 1170. The highest BCUT2D eigenvalue weighted by molar-refractivity contribution is 7.72. The Morgan fingerprint density at radius 1 is 0.565 bits per heavy atom. The van der Waals surface area contributed by atoms with Crippen LogP contribution in [0.2, 0.25) is 0 Å². The Morgan fingerprint density at radius 2 is 1.09 bits per heavy atom. The van der Waals surface area contributed by atoms with Crippen molar-refractivity contribution in [2.45, 2.75) is 156 Å². The fourth-order valence-corrected chi connectivity index (χ4v) is 8.19. The Labute approximate surface area is 289 Å². The molecule has 0 radical (unpaired) electrons. The maximum absolute atomic E-state index is 6.39. The summed E-state index contributed by atoms with van der Waals surface area (Å²) in [4.78, 5) is 2.55. The van der Waals surface area contributed by atoms with E-state index in [2.05, 4.69) is 76.2 Å². The lowest BCUT2D eigenvalue weighted by molar-refractivity contribution is 0.206. The van der Waals surface area contributed by atoms with Gasteiger partial charge >= 0.3 is 10.3 Å². The number of unbranched alkanes of at least 4 members (excludes halogenated alkanes) is 15. The first kappa shape index (κ1) is 38.3. The number of rotatable bonds is 27. The van der Waals surface area contributed by atoms with E-state index in [1.807, 2.05) is 20.7 Å². The Kier molecular flexibility index (Phi) is 20.1. The molecule has 0 aliphatic heterocycles. The first-order valence-corrected chi connectivity index (χ1v) is 20.9. The Morgan fingerprint density at radius 3 is 1.70 bits per heavy atom. The van der Waals surface area contributed by atoms with E-state index < -0.39 is 0 Å². The van der Waals surface area contributed by atoms with Crippen molar-refractivity contribution in [3.8, 4) is 38.1 Å². The number of benzene rings is 2. The van der Waals surface area contributed by atoms with Gasteiger partial charge in [0.2, 0.25) is 0 Å². The van der Waals surface area contributed by atoms with Gasteiger partial charge in [-0.05, 0) is 80.6 Å². The molecular weight excluding hydrogens is 605 g/mol. The summed E-state index contributed by atoms with van der Waals surface area (Å²) in [6.45, 7) is 10.5. The lowest BCUT2D eigenvalue weighted by Gasteiger charge is -2.14. The average molecular weight is 668 g/mol. The molecule has 5 heteroatoms. The number of ether oxygens (including phenoxy) is 3. The summed E-state index contributed by atoms with van der Waals surface area (Å²) < 4.78 is 18.9. The summed E-state index contributed by atoms with van der Waals surface area (Å²) >= 11 is 0. The molecule has 0 fully saturated rings. The summed E-state index contributed by atoms with van der Waals surface area (Å²) in [7, 11) is 3.66. The van der Waals surface area contributed by atoms with Gasteiger partial charge in [-0.3, -0.25) is 0 Å². The van der Waals surface area contributed by atoms with E-state index >= 15 is 0 Å². The van der Waals surface area contributed by atoms with Gasteiger partial charge in [-0.2, -0.15) is 0 Å². The molecule has 0 spiro atoms. The summed E-state index contributed by atoms with van der Waals surface area (Å²) in [5, 5.41) is 0. The van der Waals surface area contributed by atoms with Crippen molar-refractivity contribution >= 4 is 20.7 Å². The van der Waals surface area contributed by atoms with Crippen LogP contribution in [0.4, 0.5) is 0 Å². The molecule has 0 aliphatic rings. The molecule has 1 atom stereocenters. The van der Waals surface area contributed by atoms with Gasteiger partial charge in [0.05, 0.1) is 24.2 Å². The quantitative estimate of drug-likeness (QED) is 0.0460. The maximum atomic E-state index is 6.39. The van der Waals surface area contributed by atoms with Crippen LogP contribution >= 0.6 is 20.7 Å². The van der Waals surface area contributed by atoms with Gasteiger partial charge in [0.1, 0.15) is 5.75 Å². The van der Waals surface area contributed by atoms with E-state index in [9.17, 15) is 0 Å². The molecule has 256 valence electrons. The highest BCUT2D eigenvalue weighted by atomic mass is 32.9. The van der Waals surface area contributed by atoms with Crippen molar-refractivity contribution in [3.63, 3.8) is 0 Å². The van der Waals surface area contributed by atoms with E-state index in [0.29, 0.717) is 0 Å². The van der Waals surface area contributed by atoms with Crippen molar-refractivity contribution in [1.82, 2.24) is 0 Å². The van der Waals surface area contributed by atoms with Crippen molar-refractivity contribution in [2.24, 2.45) is 0 Å². The van der Waals surface area contributed by atoms with Crippen LogP contribution in [0.25, 0.3) is 20.9 Å². The monoisotopic (exact) mass is 667 g/mol. The Balaban J connectivity index is 1.58. The van der Waals surface area contributed by atoms with E-state index in [-0.39, 0.29) is 6.10 Å². The van der Waals surface area contributed by atoms with E-state index in [0.717, 1.165) is 49.7 Å². The molecular formula is C41H63O3S2+. The molecule has 3 aromatic rings. The van der Waals surface area contributed by atoms with E-state index in [1.54, 1.807) is 0 Å². The molecule has 1 aromatic heterocycles. The average Bonchev–Trinajstić information content (AvgIpc) is 3.57. The standard InChI is InChI=1S/C41H63O3S2/c1-5-8-11-14-16-18-21-30-42-38-29-26-36(32-39(38)43-31-22-19-17-15-12-9-6-2)41-33-40(45-46-41)35-24-27-37(28-25-35)44-34(4)23-20-13-10-7-3/h24-29,32-34H,5-23,30-31H2,1-4H3/q+1. The summed E-state index contributed by atoms with van der Waals surface area (Å²) in [6, 6.07) is 17.5. The lowest BCUT2D eigenvalue weighted by Crippen LogP contribution is -2.11. The molecule has 46 heavy (non-hydrogen) atoms. The fourth-order valence-electron chi connectivity index (χ4n) is 5.74. The molecule has 3 rings (SSSR count). The number of hydrogen-bond acceptors (Lipinski definition) is 4. The molecule has 0 amide bonds. The molecule has 0 saturated carbocycles. The topological polar surface area (TPSA) is 27.7 Å². The zero-order chi connectivity index (χ0) is 32.7. The predicted molar refractivity (Wildman–Crippen MR) is 203 cm³/mol. The van der Waals surface area contributed by atoms with E-state index in [4.69, 9.17) is 14.2 Å². The summed E-state index contributed by atoms with van der Waals surface area (Å²) in [5.41, 5.74) is 2.43. The molecule has 1 unspecified atom stereocenters.